The zero-order valence-electron chi connectivity index (χ0n) is 11.3. The smallest absolute Gasteiger partial charge is 0.293 e. The summed E-state index contributed by atoms with van der Waals surface area (Å²) in [7, 11) is 0. The van der Waals surface area contributed by atoms with Gasteiger partial charge >= 0.3 is 0 Å². The second kappa shape index (κ2) is 6.36. The first-order chi connectivity index (χ1) is 7.92. The van der Waals surface area contributed by atoms with E-state index in [9.17, 15) is 4.79 Å². The van der Waals surface area contributed by atoms with Crippen LogP contribution in [0.5, 0.6) is 0 Å². The Hall–Kier alpha value is -0.610. The molecular formula is C13H26N2O2. The van der Waals surface area contributed by atoms with Crippen LogP contribution in [0.1, 0.15) is 46.5 Å². The van der Waals surface area contributed by atoms with E-state index in [0.29, 0.717) is 6.47 Å². The average Bonchev–Trinajstić information content (AvgIpc) is 3.01. The van der Waals surface area contributed by atoms with Crippen molar-refractivity contribution in [2.45, 2.75) is 52.1 Å². The molecule has 0 aromatic carbocycles. The van der Waals surface area contributed by atoms with Gasteiger partial charge in [0.1, 0.15) is 5.60 Å². The molecular weight excluding hydrogens is 216 g/mol. The van der Waals surface area contributed by atoms with Crippen LogP contribution < -0.4 is 5.84 Å². The molecule has 4 nitrogen and oxygen atoms in total. The molecule has 2 N–H and O–H groups in total. The second-order valence-corrected chi connectivity index (χ2v) is 6.04. The largest absolute Gasteiger partial charge is 0.462 e. The van der Waals surface area contributed by atoms with E-state index in [-0.39, 0.29) is 5.60 Å². The summed E-state index contributed by atoms with van der Waals surface area (Å²) < 4.78 is 4.55. The van der Waals surface area contributed by atoms with Gasteiger partial charge in [-0.15, -0.1) is 0 Å². The van der Waals surface area contributed by atoms with Crippen LogP contribution in [0, 0.1) is 11.8 Å². The summed E-state index contributed by atoms with van der Waals surface area (Å²) >= 11 is 0. The van der Waals surface area contributed by atoms with Crippen LogP contribution in [0.4, 0.5) is 0 Å². The van der Waals surface area contributed by atoms with Crippen LogP contribution in [0.25, 0.3) is 0 Å². The first-order valence-corrected chi connectivity index (χ1v) is 6.53. The number of carbonyl (C=O) groups excluding carboxylic acids is 1. The van der Waals surface area contributed by atoms with Crippen molar-refractivity contribution in [2.75, 3.05) is 13.1 Å². The van der Waals surface area contributed by atoms with Gasteiger partial charge in [0.05, 0.1) is 0 Å². The number of carbonyl (C=O) groups is 1. The van der Waals surface area contributed by atoms with E-state index in [0.717, 1.165) is 24.9 Å². The molecule has 2 fully saturated rings. The maximum atomic E-state index is 9.60. The Labute approximate surface area is 104 Å². The van der Waals surface area contributed by atoms with Gasteiger partial charge in [-0.2, -0.15) is 0 Å². The van der Waals surface area contributed by atoms with Gasteiger partial charge in [0.15, 0.2) is 0 Å². The SMILES string of the molecule is CC(C)(C)OC=O.NN1CCC(C2CC2)CC1. The fourth-order valence-electron chi connectivity index (χ4n) is 2.10. The third kappa shape index (κ3) is 6.64. The Kier molecular flexibility index (Phi) is 5.40. The average molecular weight is 242 g/mol. The molecule has 0 radical (unpaired) electrons. The van der Waals surface area contributed by atoms with Crippen molar-refractivity contribution < 1.29 is 9.53 Å². The number of nitrogens with zero attached hydrogens (tertiary/aromatic N) is 1. The summed E-state index contributed by atoms with van der Waals surface area (Å²) in [6.45, 7) is 8.17. The maximum Gasteiger partial charge on any atom is 0.293 e. The van der Waals surface area contributed by atoms with E-state index in [2.05, 4.69) is 4.74 Å². The predicted molar refractivity (Wildman–Crippen MR) is 68.1 cm³/mol. The number of hydrogen-bond acceptors (Lipinski definition) is 4. The van der Waals surface area contributed by atoms with Crippen LogP contribution >= 0.6 is 0 Å². The second-order valence-electron chi connectivity index (χ2n) is 6.04. The highest BCUT2D eigenvalue weighted by molar-refractivity contribution is 5.37. The molecule has 1 saturated heterocycles. The molecule has 1 saturated carbocycles. The molecule has 2 rings (SSSR count). The van der Waals surface area contributed by atoms with E-state index >= 15 is 0 Å². The number of rotatable bonds is 2. The molecule has 0 unspecified atom stereocenters. The minimum Gasteiger partial charge on any atom is -0.462 e. The van der Waals surface area contributed by atoms with Gasteiger partial charge in [0, 0.05) is 13.1 Å². The fraction of sp³-hybridized carbons (Fsp3) is 0.923. The summed E-state index contributed by atoms with van der Waals surface area (Å²) in [6.07, 6.45) is 5.69. The van der Waals surface area contributed by atoms with Crippen molar-refractivity contribution in [3.8, 4) is 0 Å². The molecule has 0 atom stereocenters. The highest BCUT2D eigenvalue weighted by Gasteiger charge is 2.32. The van der Waals surface area contributed by atoms with Crippen LogP contribution in [-0.2, 0) is 9.53 Å². The van der Waals surface area contributed by atoms with E-state index in [4.69, 9.17) is 5.84 Å². The number of ether oxygens (including phenoxy) is 1. The van der Waals surface area contributed by atoms with Crippen molar-refractivity contribution in [3.63, 3.8) is 0 Å². The quantitative estimate of drug-likeness (QED) is 0.594. The highest BCUT2D eigenvalue weighted by atomic mass is 16.5. The lowest BCUT2D eigenvalue weighted by molar-refractivity contribution is -0.138. The molecule has 17 heavy (non-hydrogen) atoms. The van der Waals surface area contributed by atoms with Gasteiger partial charge in [-0.25, -0.2) is 5.01 Å². The maximum absolute atomic E-state index is 9.60. The van der Waals surface area contributed by atoms with Crippen LogP contribution in [-0.4, -0.2) is 30.2 Å². The minimum atomic E-state index is -0.318. The summed E-state index contributed by atoms with van der Waals surface area (Å²) in [4.78, 5) is 9.60. The Morgan fingerprint density at radius 3 is 1.88 bits per heavy atom. The lowest BCUT2D eigenvalue weighted by atomic mass is 9.93. The third-order valence-electron chi connectivity index (χ3n) is 3.26. The zero-order valence-corrected chi connectivity index (χ0v) is 11.3. The van der Waals surface area contributed by atoms with Gasteiger partial charge in [0.25, 0.3) is 6.47 Å². The Morgan fingerprint density at radius 1 is 1.12 bits per heavy atom. The topological polar surface area (TPSA) is 55.6 Å². The normalized spacial score (nSPS) is 22.6. The van der Waals surface area contributed by atoms with Crippen LogP contribution in [0.15, 0.2) is 0 Å². The monoisotopic (exact) mass is 242 g/mol. The van der Waals surface area contributed by atoms with E-state index in [1.165, 1.54) is 25.7 Å². The van der Waals surface area contributed by atoms with E-state index in [1.54, 1.807) is 0 Å². The van der Waals surface area contributed by atoms with Gasteiger partial charge < -0.3 is 4.74 Å². The zero-order chi connectivity index (χ0) is 12.9. The van der Waals surface area contributed by atoms with Crippen LogP contribution in [0.3, 0.4) is 0 Å². The molecule has 0 bridgehead atoms. The van der Waals surface area contributed by atoms with Gasteiger partial charge in [-0.3, -0.25) is 10.6 Å². The number of hydrogen-bond donors (Lipinski definition) is 1. The van der Waals surface area contributed by atoms with Crippen molar-refractivity contribution in [2.24, 2.45) is 17.7 Å². The first kappa shape index (κ1) is 14.5. The molecule has 4 heteroatoms. The molecule has 0 aromatic heterocycles. The van der Waals surface area contributed by atoms with Crippen molar-refractivity contribution in [3.05, 3.63) is 0 Å². The Balaban J connectivity index is 0.000000185. The summed E-state index contributed by atoms with van der Waals surface area (Å²) in [5.41, 5.74) is -0.318. The third-order valence-corrected chi connectivity index (χ3v) is 3.26. The van der Waals surface area contributed by atoms with E-state index < -0.39 is 0 Å². The lowest BCUT2D eigenvalue weighted by Gasteiger charge is -2.28. The minimum absolute atomic E-state index is 0.318. The molecule has 1 aliphatic carbocycles. The summed E-state index contributed by atoms with van der Waals surface area (Å²) in [6, 6.07) is 0. The van der Waals surface area contributed by atoms with Crippen molar-refractivity contribution >= 4 is 6.47 Å². The fourth-order valence-corrected chi connectivity index (χ4v) is 2.10. The van der Waals surface area contributed by atoms with Crippen molar-refractivity contribution in [1.29, 1.82) is 0 Å². The Morgan fingerprint density at radius 2 is 1.59 bits per heavy atom. The molecule has 1 heterocycles. The number of nitrogens with two attached hydrogens (primary N) is 1. The summed E-state index contributed by atoms with van der Waals surface area (Å²) in [5, 5.41) is 1.96. The molecule has 0 spiro atoms. The standard InChI is InChI=1S/C8H16N2.C5H10O2/c9-10-5-3-8(4-6-10)7-1-2-7;1-5(2,3)7-4-6/h7-8H,1-6,9H2;4H,1-3H3. The van der Waals surface area contributed by atoms with E-state index in [1.807, 2.05) is 25.8 Å². The lowest BCUT2D eigenvalue weighted by Crippen LogP contribution is -2.39. The highest BCUT2D eigenvalue weighted by Crippen LogP contribution is 2.41. The first-order valence-electron chi connectivity index (χ1n) is 6.53. The molecule has 100 valence electrons. The Bertz CT molecular complexity index is 226. The van der Waals surface area contributed by atoms with Crippen molar-refractivity contribution in [1.82, 2.24) is 5.01 Å². The van der Waals surface area contributed by atoms with Gasteiger partial charge in [-0.1, -0.05) is 0 Å². The molecule has 2 aliphatic rings. The number of piperidine rings is 1. The molecule has 0 amide bonds. The van der Waals surface area contributed by atoms with Gasteiger partial charge in [0.2, 0.25) is 0 Å². The van der Waals surface area contributed by atoms with Crippen LogP contribution in [0.2, 0.25) is 0 Å². The molecule has 0 aromatic rings. The number of hydrazine groups is 1. The predicted octanol–water partition coefficient (Wildman–Crippen LogP) is 1.94. The molecule has 1 aliphatic heterocycles. The van der Waals surface area contributed by atoms with Gasteiger partial charge in [-0.05, 0) is 58.3 Å². The summed E-state index contributed by atoms with van der Waals surface area (Å²) in [5.74, 6) is 7.77.